The number of thiocarbonyl (C=S) groups is 1. The van der Waals surface area contributed by atoms with Crippen molar-refractivity contribution in [3.05, 3.63) is 138 Å². The molecule has 4 heterocycles. The average molecular weight is 518 g/mol. The van der Waals surface area contributed by atoms with E-state index in [0.29, 0.717) is 11.7 Å². The first-order chi connectivity index (χ1) is 18.7. The van der Waals surface area contributed by atoms with Crippen LogP contribution in [-0.4, -0.2) is 19.6 Å². The fraction of sp³-hybridized carbons (Fsp3) is 0.129. The highest BCUT2D eigenvalue weighted by atomic mass is 32.1. The number of aromatic nitrogens is 3. The van der Waals surface area contributed by atoms with Crippen molar-refractivity contribution in [3.8, 4) is 11.5 Å². The number of rotatable bonds is 7. The molecule has 3 aromatic heterocycles. The third-order valence-corrected chi connectivity index (χ3v) is 7.09. The largest absolute Gasteiger partial charge is 0.457 e. The Hall–Kier alpha value is -4.49. The molecule has 1 fully saturated rings. The summed E-state index contributed by atoms with van der Waals surface area (Å²) in [7, 11) is 0. The number of hydrogen-bond donors (Lipinski definition) is 1. The number of nitrogens with zero attached hydrogens (tertiary/aromatic N) is 4. The van der Waals surface area contributed by atoms with Crippen LogP contribution in [0.5, 0.6) is 11.5 Å². The Balaban J connectivity index is 1.36. The molecule has 0 aliphatic carbocycles. The van der Waals surface area contributed by atoms with Gasteiger partial charge in [0.15, 0.2) is 5.11 Å². The van der Waals surface area contributed by atoms with Crippen molar-refractivity contribution in [1.82, 2.24) is 19.9 Å². The van der Waals surface area contributed by atoms with Crippen LogP contribution >= 0.6 is 12.2 Å². The number of aryl methyl sites for hydroxylation is 1. The minimum Gasteiger partial charge on any atom is -0.457 e. The van der Waals surface area contributed by atoms with Gasteiger partial charge in [0.25, 0.3) is 0 Å². The molecule has 2 aromatic carbocycles. The highest BCUT2D eigenvalue weighted by Crippen LogP contribution is 2.42. The van der Waals surface area contributed by atoms with Gasteiger partial charge in [0.05, 0.1) is 11.7 Å². The van der Waals surface area contributed by atoms with Gasteiger partial charge in [-0.1, -0.05) is 30.3 Å². The summed E-state index contributed by atoms with van der Waals surface area (Å²) >= 11 is 5.91. The SMILES string of the molecule is Cc1ccccc1Oc1ccc(N2C(=S)N[C@H](c3ccccn3)[C@@H]2c2cccn2Cc2cccnc2)cc1. The van der Waals surface area contributed by atoms with Gasteiger partial charge in [-0.15, -0.1) is 0 Å². The summed E-state index contributed by atoms with van der Waals surface area (Å²) < 4.78 is 8.40. The van der Waals surface area contributed by atoms with E-state index < -0.39 is 0 Å². The van der Waals surface area contributed by atoms with Crippen LogP contribution in [0.15, 0.2) is 116 Å². The maximum Gasteiger partial charge on any atom is 0.174 e. The van der Waals surface area contributed by atoms with Gasteiger partial charge in [0.2, 0.25) is 0 Å². The van der Waals surface area contributed by atoms with Crippen LogP contribution in [0, 0.1) is 6.92 Å². The highest BCUT2D eigenvalue weighted by Gasteiger charge is 2.42. The van der Waals surface area contributed by atoms with Gasteiger partial charge in [-0.25, -0.2) is 0 Å². The number of para-hydroxylation sites is 1. The first kappa shape index (κ1) is 23.9. The molecule has 1 saturated heterocycles. The second-order valence-corrected chi connectivity index (χ2v) is 9.67. The lowest BCUT2D eigenvalue weighted by atomic mass is 10.0. The Morgan fingerprint density at radius 3 is 2.50 bits per heavy atom. The van der Waals surface area contributed by atoms with Crippen molar-refractivity contribution < 1.29 is 4.74 Å². The molecule has 1 aliphatic heterocycles. The van der Waals surface area contributed by atoms with Gasteiger partial charge in [-0.2, -0.15) is 0 Å². The van der Waals surface area contributed by atoms with Crippen LogP contribution in [-0.2, 0) is 6.54 Å². The molecular formula is C31H27N5OS. The second-order valence-electron chi connectivity index (χ2n) is 9.28. The minimum atomic E-state index is -0.117. The van der Waals surface area contributed by atoms with E-state index in [-0.39, 0.29) is 12.1 Å². The average Bonchev–Trinajstić information content (AvgIpc) is 3.55. The number of ether oxygens (including phenoxy) is 1. The van der Waals surface area contributed by atoms with Crippen LogP contribution in [0.1, 0.15) is 34.6 Å². The van der Waals surface area contributed by atoms with Crippen molar-refractivity contribution in [2.75, 3.05) is 4.90 Å². The lowest BCUT2D eigenvalue weighted by Crippen LogP contribution is -2.30. The van der Waals surface area contributed by atoms with Gasteiger partial charge in [0.1, 0.15) is 17.5 Å². The standard InChI is InChI=1S/C31H27N5OS/c1-22-8-2-3-12-28(22)37-25-15-13-24(14-16-25)36-30(29(34-31(36)38)26-10-4-5-18-33-26)27-11-7-19-35(27)21-23-9-6-17-32-20-23/h2-20,29-30H,21H2,1H3,(H,34,38)/t29-,30+/m1/s1. The summed E-state index contributed by atoms with van der Waals surface area (Å²) in [6.07, 6.45) is 7.63. The van der Waals surface area contributed by atoms with Gasteiger partial charge in [-0.3, -0.25) is 9.97 Å². The number of hydrogen-bond acceptors (Lipinski definition) is 4. The maximum absolute atomic E-state index is 6.14. The zero-order chi connectivity index (χ0) is 25.9. The Bertz CT molecular complexity index is 1540. The van der Waals surface area contributed by atoms with Crippen LogP contribution < -0.4 is 15.0 Å². The van der Waals surface area contributed by atoms with E-state index in [1.54, 1.807) is 6.20 Å². The van der Waals surface area contributed by atoms with Gasteiger partial charge < -0.3 is 19.5 Å². The highest BCUT2D eigenvalue weighted by molar-refractivity contribution is 7.80. The predicted octanol–water partition coefficient (Wildman–Crippen LogP) is 6.60. The number of anilines is 1. The van der Waals surface area contributed by atoms with Crippen LogP contribution in [0.3, 0.4) is 0 Å². The molecule has 5 aromatic rings. The molecule has 0 amide bonds. The lowest BCUT2D eigenvalue weighted by Gasteiger charge is -2.29. The van der Waals surface area contributed by atoms with E-state index in [1.807, 2.05) is 80.0 Å². The Morgan fingerprint density at radius 1 is 0.895 bits per heavy atom. The Labute approximate surface area is 227 Å². The van der Waals surface area contributed by atoms with Crippen LogP contribution in [0.2, 0.25) is 0 Å². The lowest BCUT2D eigenvalue weighted by molar-refractivity contribution is 0.479. The number of benzene rings is 2. The van der Waals surface area contributed by atoms with E-state index in [4.69, 9.17) is 17.0 Å². The molecule has 0 spiro atoms. The van der Waals surface area contributed by atoms with E-state index >= 15 is 0 Å². The van der Waals surface area contributed by atoms with Crippen molar-refractivity contribution in [3.63, 3.8) is 0 Å². The van der Waals surface area contributed by atoms with E-state index in [2.05, 4.69) is 61.3 Å². The van der Waals surface area contributed by atoms with Crippen molar-refractivity contribution in [2.24, 2.45) is 0 Å². The Kier molecular flexibility index (Phi) is 6.58. The molecule has 0 radical (unpaired) electrons. The van der Waals surface area contributed by atoms with Crippen molar-refractivity contribution >= 4 is 23.0 Å². The fourth-order valence-electron chi connectivity index (χ4n) is 4.93. The third kappa shape index (κ3) is 4.76. The van der Waals surface area contributed by atoms with Crippen molar-refractivity contribution in [1.29, 1.82) is 0 Å². The molecule has 0 saturated carbocycles. The molecule has 0 bridgehead atoms. The summed E-state index contributed by atoms with van der Waals surface area (Å²) in [4.78, 5) is 11.2. The van der Waals surface area contributed by atoms with E-state index in [1.165, 1.54) is 0 Å². The molecule has 188 valence electrons. The quantitative estimate of drug-likeness (QED) is 0.245. The smallest absolute Gasteiger partial charge is 0.174 e. The monoisotopic (exact) mass is 517 g/mol. The van der Waals surface area contributed by atoms with Gasteiger partial charge >= 0.3 is 0 Å². The molecule has 6 nitrogen and oxygen atoms in total. The second kappa shape index (κ2) is 10.5. The molecular weight excluding hydrogens is 490 g/mol. The topological polar surface area (TPSA) is 55.2 Å². The fourth-order valence-corrected chi connectivity index (χ4v) is 5.28. The molecule has 38 heavy (non-hydrogen) atoms. The summed E-state index contributed by atoms with van der Waals surface area (Å²) in [6, 6.07) is 30.2. The third-order valence-electron chi connectivity index (χ3n) is 6.78. The minimum absolute atomic E-state index is 0.104. The molecule has 0 unspecified atom stereocenters. The summed E-state index contributed by atoms with van der Waals surface area (Å²) in [5, 5.41) is 4.21. The predicted molar refractivity (Wildman–Crippen MR) is 153 cm³/mol. The van der Waals surface area contributed by atoms with Crippen molar-refractivity contribution in [2.45, 2.75) is 25.6 Å². The molecule has 2 atom stereocenters. The zero-order valence-electron chi connectivity index (χ0n) is 20.9. The summed E-state index contributed by atoms with van der Waals surface area (Å²) in [5.74, 6) is 1.62. The summed E-state index contributed by atoms with van der Waals surface area (Å²) in [6.45, 7) is 2.76. The number of nitrogens with one attached hydrogen (secondary N) is 1. The normalized spacial score (nSPS) is 16.9. The van der Waals surface area contributed by atoms with E-state index in [9.17, 15) is 0 Å². The number of pyridine rings is 2. The maximum atomic E-state index is 6.14. The van der Waals surface area contributed by atoms with Gasteiger partial charge in [-0.05, 0) is 90.9 Å². The van der Waals surface area contributed by atoms with Crippen LogP contribution in [0.4, 0.5) is 5.69 Å². The molecule has 7 heteroatoms. The molecule has 1 aliphatic rings. The van der Waals surface area contributed by atoms with Gasteiger partial charge in [0, 0.05) is 42.7 Å². The first-order valence-electron chi connectivity index (χ1n) is 12.6. The first-order valence-corrected chi connectivity index (χ1v) is 13.0. The molecule has 6 rings (SSSR count). The van der Waals surface area contributed by atoms with E-state index in [0.717, 1.165) is 39.7 Å². The Morgan fingerprint density at radius 2 is 1.74 bits per heavy atom. The summed E-state index contributed by atoms with van der Waals surface area (Å²) in [5.41, 5.74) is 5.29. The molecule has 1 N–H and O–H groups in total. The van der Waals surface area contributed by atoms with Crippen LogP contribution in [0.25, 0.3) is 0 Å². The zero-order valence-corrected chi connectivity index (χ0v) is 21.8.